The van der Waals surface area contributed by atoms with Gasteiger partial charge in [0.15, 0.2) is 5.69 Å². The maximum absolute atomic E-state index is 13.2. The highest BCUT2D eigenvalue weighted by molar-refractivity contribution is 8.00. The molecule has 0 atom stereocenters. The Kier molecular flexibility index (Phi) is 8.13. The molecule has 3 N–H and O–H groups in total. The van der Waals surface area contributed by atoms with Crippen molar-refractivity contribution in [2.45, 2.75) is 25.3 Å². The molecule has 3 rings (SSSR count). The standard InChI is InChI=1S/C24H28N4O4S/c1-16-9-10-19(17(2)13-16)33-15-20(29)27(11-12-32-3)21-22(25)28(24(31)26-23(21)30)14-18-7-5-4-6-8-18/h4-10,13H,11-12,14-15,25H2,1-3H3,(H,26,30,31). The molecule has 0 aliphatic carbocycles. The van der Waals surface area contributed by atoms with Crippen LogP contribution in [-0.2, 0) is 16.1 Å². The molecule has 8 nitrogen and oxygen atoms in total. The van der Waals surface area contributed by atoms with Gasteiger partial charge in [-0.1, -0.05) is 48.0 Å². The monoisotopic (exact) mass is 468 g/mol. The number of nitrogens with zero attached hydrogens (tertiary/aromatic N) is 2. The summed E-state index contributed by atoms with van der Waals surface area (Å²) in [7, 11) is 1.51. The first-order valence-electron chi connectivity index (χ1n) is 10.5. The number of anilines is 2. The van der Waals surface area contributed by atoms with Crippen molar-refractivity contribution >= 4 is 29.2 Å². The second kappa shape index (κ2) is 11.0. The first kappa shape index (κ1) is 24.3. The zero-order chi connectivity index (χ0) is 24.0. The number of carbonyl (C=O) groups excluding carboxylic acids is 1. The van der Waals surface area contributed by atoms with Gasteiger partial charge in [0.2, 0.25) is 5.91 Å². The van der Waals surface area contributed by atoms with E-state index >= 15 is 0 Å². The van der Waals surface area contributed by atoms with Gasteiger partial charge in [0.1, 0.15) is 5.82 Å². The molecule has 0 aliphatic rings. The third kappa shape index (κ3) is 5.94. The van der Waals surface area contributed by atoms with E-state index in [2.05, 4.69) is 11.1 Å². The Hall–Kier alpha value is -3.30. The summed E-state index contributed by atoms with van der Waals surface area (Å²) in [5.74, 6) is -0.266. The first-order valence-corrected chi connectivity index (χ1v) is 11.5. The van der Waals surface area contributed by atoms with Crippen LogP contribution < -0.4 is 21.9 Å². The number of benzene rings is 2. The summed E-state index contributed by atoms with van der Waals surface area (Å²) in [4.78, 5) is 43.0. The predicted molar refractivity (Wildman–Crippen MR) is 132 cm³/mol. The van der Waals surface area contributed by atoms with Crippen LogP contribution >= 0.6 is 11.8 Å². The van der Waals surface area contributed by atoms with E-state index in [-0.39, 0.29) is 42.9 Å². The van der Waals surface area contributed by atoms with Crippen LogP contribution in [0, 0.1) is 13.8 Å². The van der Waals surface area contributed by atoms with Gasteiger partial charge in [0.05, 0.1) is 18.9 Å². The predicted octanol–water partition coefficient (Wildman–Crippen LogP) is 2.56. The Labute approximate surface area is 196 Å². The molecule has 0 saturated heterocycles. The minimum absolute atomic E-state index is 0.0474. The number of methoxy groups -OCH3 is 1. The highest BCUT2D eigenvalue weighted by atomic mass is 32.2. The molecule has 0 radical (unpaired) electrons. The fraction of sp³-hybridized carbons (Fsp3) is 0.292. The van der Waals surface area contributed by atoms with Crippen molar-refractivity contribution < 1.29 is 9.53 Å². The van der Waals surface area contributed by atoms with Crippen molar-refractivity contribution in [1.29, 1.82) is 0 Å². The van der Waals surface area contributed by atoms with Gasteiger partial charge in [-0.15, -0.1) is 11.8 Å². The number of thioether (sulfide) groups is 1. The van der Waals surface area contributed by atoms with E-state index < -0.39 is 11.2 Å². The van der Waals surface area contributed by atoms with Crippen molar-refractivity contribution in [2.24, 2.45) is 0 Å². The van der Waals surface area contributed by atoms with Gasteiger partial charge < -0.3 is 15.4 Å². The zero-order valence-electron chi connectivity index (χ0n) is 19.0. The quantitative estimate of drug-likeness (QED) is 0.467. The lowest BCUT2D eigenvalue weighted by atomic mass is 10.2. The van der Waals surface area contributed by atoms with Gasteiger partial charge in [-0.05, 0) is 31.0 Å². The van der Waals surface area contributed by atoms with Crippen LogP contribution in [0.5, 0.6) is 0 Å². The van der Waals surface area contributed by atoms with E-state index in [1.54, 1.807) is 0 Å². The topological polar surface area (TPSA) is 110 Å². The van der Waals surface area contributed by atoms with Gasteiger partial charge in [0, 0.05) is 18.6 Å². The van der Waals surface area contributed by atoms with Crippen molar-refractivity contribution in [2.75, 3.05) is 36.6 Å². The van der Waals surface area contributed by atoms with E-state index in [0.717, 1.165) is 21.6 Å². The molecule has 174 valence electrons. The number of nitrogen functional groups attached to an aromatic ring is 1. The van der Waals surface area contributed by atoms with Crippen molar-refractivity contribution in [3.8, 4) is 0 Å². The molecule has 3 aromatic rings. The average Bonchev–Trinajstić information content (AvgIpc) is 2.78. The molecule has 33 heavy (non-hydrogen) atoms. The molecule has 1 aromatic heterocycles. The van der Waals surface area contributed by atoms with Gasteiger partial charge in [-0.2, -0.15) is 0 Å². The van der Waals surface area contributed by atoms with Crippen LogP contribution in [0.3, 0.4) is 0 Å². The second-order valence-corrected chi connectivity index (χ2v) is 8.68. The summed E-state index contributed by atoms with van der Waals surface area (Å²) >= 11 is 1.39. The minimum atomic E-state index is -0.706. The SMILES string of the molecule is COCCN(C(=O)CSc1ccc(C)cc1C)c1c(N)n(Cc2ccccc2)c(=O)[nH]c1=O. The summed E-state index contributed by atoms with van der Waals surface area (Å²) in [6.07, 6.45) is 0. The summed E-state index contributed by atoms with van der Waals surface area (Å²) in [5.41, 5.74) is 7.96. The molecule has 1 heterocycles. The highest BCUT2D eigenvalue weighted by Crippen LogP contribution is 2.25. The lowest BCUT2D eigenvalue weighted by Gasteiger charge is -2.24. The van der Waals surface area contributed by atoms with Gasteiger partial charge in [0.25, 0.3) is 5.56 Å². The maximum Gasteiger partial charge on any atom is 0.330 e. The van der Waals surface area contributed by atoms with E-state index in [1.807, 2.05) is 56.3 Å². The molecule has 0 aliphatic heterocycles. The molecule has 0 spiro atoms. The number of aryl methyl sites for hydroxylation is 2. The number of rotatable bonds is 9. The summed E-state index contributed by atoms with van der Waals surface area (Å²) in [6, 6.07) is 15.3. The van der Waals surface area contributed by atoms with Crippen LogP contribution in [0.25, 0.3) is 0 Å². The lowest BCUT2D eigenvalue weighted by molar-refractivity contribution is -0.116. The average molecular weight is 469 g/mol. The van der Waals surface area contributed by atoms with E-state index in [1.165, 1.54) is 28.3 Å². The molecule has 0 fully saturated rings. The van der Waals surface area contributed by atoms with E-state index in [0.29, 0.717) is 0 Å². The fourth-order valence-electron chi connectivity index (χ4n) is 3.48. The number of aromatic nitrogens is 2. The smallest absolute Gasteiger partial charge is 0.330 e. The van der Waals surface area contributed by atoms with Crippen LogP contribution in [0.1, 0.15) is 16.7 Å². The Morgan fingerprint density at radius 3 is 2.55 bits per heavy atom. The molecule has 9 heteroatoms. The third-order valence-electron chi connectivity index (χ3n) is 5.17. The highest BCUT2D eigenvalue weighted by Gasteiger charge is 2.24. The number of amides is 1. The number of hydrogen-bond donors (Lipinski definition) is 2. The molecule has 0 unspecified atom stereocenters. The number of hydrogen-bond acceptors (Lipinski definition) is 6. The third-order valence-corrected chi connectivity index (χ3v) is 6.33. The molecular weight excluding hydrogens is 440 g/mol. The lowest BCUT2D eigenvalue weighted by Crippen LogP contribution is -2.43. The zero-order valence-corrected chi connectivity index (χ0v) is 19.8. The van der Waals surface area contributed by atoms with Crippen molar-refractivity contribution in [1.82, 2.24) is 9.55 Å². The van der Waals surface area contributed by atoms with Crippen LogP contribution in [0.15, 0.2) is 63.0 Å². The summed E-state index contributed by atoms with van der Waals surface area (Å²) < 4.78 is 6.41. The Bertz CT molecular complexity index is 1240. The Balaban J connectivity index is 1.93. The minimum Gasteiger partial charge on any atom is -0.383 e. The molecule has 1 amide bonds. The molecular formula is C24H28N4O4S. The van der Waals surface area contributed by atoms with Gasteiger partial charge >= 0.3 is 5.69 Å². The van der Waals surface area contributed by atoms with Crippen LogP contribution in [-0.4, -0.2) is 41.5 Å². The maximum atomic E-state index is 13.2. The van der Waals surface area contributed by atoms with Crippen molar-refractivity contribution in [3.05, 3.63) is 86.1 Å². The first-order chi connectivity index (χ1) is 15.8. The molecule has 0 saturated carbocycles. The van der Waals surface area contributed by atoms with Crippen molar-refractivity contribution in [3.63, 3.8) is 0 Å². The van der Waals surface area contributed by atoms with Gasteiger partial charge in [-0.25, -0.2) is 4.79 Å². The summed E-state index contributed by atoms with van der Waals surface area (Å²) in [6.45, 7) is 4.50. The number of carbonyl (C=O) groups is 1. The second-order valence-electron chi connectivity index (χ2n) is 7.66. The number of nitrogens with one attached hydrogen (secondary N) is 1. The van der Waals surface area contributed by atoms with Crippen LogP contribution in [0.2, 0.25) is 0 Å². The molecule has 0 bridgehead atoms. The van der Waals surface area contributed by atoms with Gasteiger partial charge in [-0.3, -0.25) is 19.1 Å². The van der Waals surface area contributed by atoms with E-state index in [4.69, 9.17) is 10.5 Å². The summed E-state index contributed by atoms with van der Waals surface area (Å²) in [5, 5.41) is 0. The molecule has 2 aromatic carbocycles. The van der Waals surface area contributed by atoms with Crippen LogP contribution in [0.4, 0.5) is 11.5 Å². The van der Waals surface area contributed by atoms with E-state index in [9.17, 15) is 14.4 Å². The Morgan fingerprint density at radius 1 is 1.15 bits per heavy atom. The largest absolute Gasteiger partial charge is 0.383 e. The number of aromatic amines is 1. The number of ether oxygens (including phenoxy) is 1. The number of H-pyrrole nitrogens is 1. The number of nitrogens with two attached hydrogens (primary N) is 1. The fourth-order valence-corrected chi connectivity index (χ4v) is 4.37. The normalized spacial score (nSPS) is 10.9. The Morgan fingerprint density at radius 2 is 1.88 bits per heavy atom.